The van der Waals surface area contributed by atoms with E-state index >= 15 is 0 Å². The first kappa shape index (κ1) is 15.0. The fourth-order valence-corrected chi connectivity index (χ4v) is 2.61. The van der Waals surface area contributed by atoms with Gasteiger partial charge in [-0.1, -0.05) is 18.2 Å². The molecule has 23 heavy (non-hydrogen) atoms. The Balaban J connectivity index is 2.20. The number of aromatic nitrogens is 3. The quantitative estimate of drug-likeness (QED) is 0.511. The van der Waals surface area contributed by atoms with Crippen molar-refractivity contribution >= 4 is 33.8 Å². The maximum Gasteiger partial charge on any atom is 0.404 e. The Hall–Kier alpha value is -2.91. The van der Waals surface area contributed by atoms with Gasteiger partial charge in [-0.05, 0) is 6.07 Å². The zero-order valence-electron chi connectivity index (χ0n) is 12.2. The first-order valence-electron chi connectivity index (χ1n) is 6.93. The topological polar surface area (TPSA) is 141 Å². The van der Waals surface area contributed by atoms with Crippen LogP contribution in [0.1, 0.15) is 5.82 Å². The average molecular weight is 316 g/mol. The van der Waals surface area contributed by atoms with Gasteiger partial charge in [-0.15, -0.1) is 0 Å². The van der Waals surface area contributed by atoms with E-state index in [0.717, 1.165) is 16.4 Å². The number of amides is 1. The molecule has 2 heterocycles. The monoisotopic (exact) mass is 316 g/mol. The van der Waals surface area contributed by atoms with Gasteiger partial charge in [0.25, 0.3) is 0 Å². The Morgan fingerprint density at radius 1 is 1.35 bits per heavy atom. The second-order valence-corrected chi connectivity index (χ2v) is 4.93. The van der Waals surface area contributed by atoms with E-state index in [1.54, 1.807) is 0 Å². The smallest absolute Gasteiger partial charge is 0.404 e. The molecule has 0 unspecified atom stereocenters. The van der Waals surface area contributed by atoms with Gasteiger partial charge in [0.15, 0.2) is 5.82 Å². The number of anilines is 1. The van der Waals surface area contributed by atoms with Crippen molar-refractivity contribution in [1.82, 2.24) is 19.9 Å². The van der Waals surface area contributed by atoms with Crippen LogP contribution >= 0.6 is 0 Å². The van der Waals surface area contributed by atoms with Gasteiger partial charge in [0.2, 0.25) is 0 Å². The van der Waals surface area contributed by atoms with E-state index in [4.69, 9.17) is 21.6 Å². The molecule has 9 heteroatoms. The number of hydrogen-bond acceptors (Lipinski definition) is 6. The molecule has 6 N–H and O–H groups in total. The number of nitrogens with zero attached hydrogens (tertiary/aromatic N) is 3. The van der Waals surface area contributed by atoms with Crippen molar-refractivity contribution in [1.29, 1.82) is 0 Å². The van der Waals surface area contributed by atoms with Crippen molar-refractivity contribution in [3.63, 3.8) is 0 Å². The van der Waals surface area contributed by atoms with Crippen LogP contribution in [0, 0.1) is 0 Å². The molecule has 0 aliphatic carbocycles. The maximum absolute atomic E-state index is 10.7. The van der Waals surface area contributed by atoms with Crippen LogP contribution in [-0.2, 0) is 18.0 Å². The number of carboxylic acid groups (broad SMARTS) is 1. The zero-order valence-corrected chi connectivity index (χ0v) is 12.2. The molecule has 0 aliphatic rings. The summed E-state index contributed by atoms with van der Waals surface area (Å²) in [5.74, 6) is 6.03. The average Bonchev–Trinajstić information content (AvgIpc) is 2.87. The number of nitrogen functional groups attached to an aromatic ring is 1. The van der Waals surface area contributed by atoms with Crippen LogP contribution in [-0.4, -0.2) is 32.3 Å². The Morgan fingerprint density at radius 2 is 2.13 bits per heavy atom. The van der Waals surface area contributed by atoms with Crippen LogP contribution < -0.4 is 16.9 Å². The Kier molecular flexibility index (Phi) is 3.96. The van der Waals surface area contributed by atoms with Crippen LogP contribution in [0.5, 0.6) is 0 Å². The minimum Gasteiger partial charge on any atom is -0.465 e. The summed E-state index contributed by atoms with van der Waals surface area (Å²) in [5.41, 5.74) is 8.08. The molecule has 0 fully saturated rings. The molecule has 120 valence electrons. The highest BCUT2D eigenvalue weighted by molar-refractivity contribution is 6.06. The van der Waals surface area contributed by atoms with E-state index in [1.165, 1.54) is 0 Å². The number of carbonyl (C=O) groups is 1. The van der Waals surface area contributed by atoms with Crippen molar-refractivity contribution in [3.05, 3.63) is 30.1 Å². The fourth-order valence-electron chi connectivity index (χ4n) is 2.61. The number of hydrogen-bond donors (Lipinski definition) is 4. The van der Waals surface area contributed by atoms with Gasteiger partial charge in [-0.2, -0.15) is 0 Å². The largest absolute Gasteiger partial charge is 0.465 e. The molecule has 0 radical (unpaired) electrons. The van der Waals surface area contributed by atoms with Gasteiger partial charge in [0.05, 0.1) is 11.0 Å². The normalized spacial score (nSPS) is 11.2. The summed E-state index contributed by atoms with van der Waals surface area (Å²) in [6, 6.07) is 7.54. The van der Waals surface area contributed by atoms with Gasteiger partial charge >= 0.3 is 6.09 Å². The van der Waals surface area contributed by atoms with E-state index in [2.05, 4.69) is 15.3 Å². The lowest BCUT2D eigenvalue weighted by Gasteiger charge is -2.10. The van der Waals surface area contributed by atoms with Crippen molar-refractivity contribution in [2.45, 2.75) is 13.2 Å². The van der Waals surface area contributed by atoms with Crippen LogP contribution in [0.15, 0.2) is 24.3 Å². The van der Waals surface area contributed by atoms with Gasteiger partial charge in [-0.25, -0.2) is 20.7 Å². The molecule has 3 rings (SSSR count). The van der Waals surface area contributed by atoms with Crippen molar-refractivity contribution in [2.75, 3.05) is 12.3 Å². The first-order valence-corrected chi connectivity index (χ1v) is 6.93. The molecule has 0 saturated carbocycles. The standard InChI is InChI=1S/C14H16N6O3/c15-13-11-12(8-3-1-2-4-9(8)18-13)20(6-5-17-14(21)22)10(19-11)7-23-16/h1-4,17H,5-7,16H2,(H2,15,18)(H,21,22). The molecule has 0 atom stereocenters. The van der Waals surface area contributed by atoms with Crippen LogP contribution in [0.2, 0.25) is 0 Å². The van der Waals surface area contributed by atoms with Crippen LogP contribution in [0.3, 0.4) is 0 Å². The lowest BCUT2D eigenvalue weighted by atomic mass is 10.2. The van der Waals surface area contributed by atoms with Gasteiger partial charge in [-0.3, -0.25) is 4.84 Å². The third kappa shape index (κ3) is 2.74. The summed E-state index contributed by atoms with van der Waals surface area (Å²) in [6.45, 7) is 0.666. The lowest BCUT2D eigenvalue weighted by Crippen LogP contribution is -2.26. The molecule has 2 aromatic heterocycles. The number of pyridine rings is 1. The van der Waals surface area contributed by atoms with E-state index in [9.17, 15) is 4.79 Å². The van der Waals surface area contributed by atoms with E-state index in [0.29, 0.717) is 23.7 Å². The zero-order chi connectivity index (χ0) is 16.4. The Labute approximate surface area is 130 Å². The van der Waals surface area contributed by atoms with Crippen LogP contribution in [0.4, 0.5) is 10.6 Å². The summed E-state index contributed by atoms with van der Waals surface area (Å²) in [4.78, 5) is 24.1. The van der Waals surface area contributed by atoms with Gasteiger partial charge in [0, 0.05) is 18.5 Å². The molecule has 1 amide bonds. The number of nitrogens with two attached hydrogens (primary N) is 2. The first-order chi connectivity index (χ1) is 11.1. The molecular formula is C14H16N6O3. The lowest BCUT2D eigenvalue weighted by molar-refractivity contribution is 0.116. The third-order valence-corrected chi connectivity index (χ3v) is 3.51. The molecule has 9 nitrogen and oxygen atoms in total. The SMILES string of the molecule is NOCc1nc2c(N)nc3ccccc3c2n1CCNC(=O)O. The number of benzene rings is 1. The summed E-state index contributed by atoms with van der Waals surface area (Å²) >= 11 is 0. The number of nitrogens with one attached hydrogen (secondary N) is 1. The number of imidazole rings is 1. The van der Waals surface area contributed by atoms with Crippen LogP contribution in [0.25, 0.3) is 21.9 Å². The van der Waals surface area contributed by atoms with Crippen molar-refractivity contribution in [2.24, 2.45) is 5.90 Å². The fraction of sp³-hybridized carbons (Fsp3) is 0.214. The highest BCUT2D eigenvalue weighted by Crippen LogP contribution is 2.28. The highest BCUT2D eigenvalue weighted by atomic mass is 16.6. The molecule has 1 aromatic carbocycles. The van der Waals surface area contributed by atoms with Gasteiger partial charge < -0.3 is 20.7 Å². The number of rotatable bonds is 5. The molecular weight excluding hydrogens is 300 g/mol. The van der Waals surface area contributed by atoms with Crippen molar-refractivity contribution in [3.8, 4) is 0 Å². The molecule has 0 bridgehead atoms. The predicted molar refractivity (Wildman–Crippen MR) is 84.5 cm³/mol. The maximum atomic E-state index is 10.7. The Bertz CT molecular complexity index is 876. The molecule has 0 aliphatic heterocycles. The summed E-state index contributed by atoms with van der Waals surface area (Å²) in [7, 11) is 0. The minimum atomic E-state index is -1.09. The summed E-state index contributed by atoms with van der Waals surface area (Å²) < 4.78 is 1.85. The molecule has 3 aromatic rings. The molecule has 0 saturated heterocycles. The van der Waals surface area contributed by atoms with E-state index in [1.807, 2.05) is 28.8 Å². The number of para-hydroxylation sites is 1. The second-order valence-electron chi connectivity index (χ2n) is 4.93. The van der Waals surface area contributed by atoms with Gasteiger partial charge in [0.1, 0.15) is 17.9 Å². The second kappa shape index (κ2) is 6.07. The third-order valence-electron chi connectivity index (χ3n) is 3.51. The molecule has 0 spiro atoms. The van der Waals surface area contributed by atoms with E-state index in [-0.39, 0.29) is 13.2 Å². The summed E-state index contributed by atoms with van der Waals surface area (Å²) in [5, 5.41) is 11.9. The number of fused-ring (bicyclic) bond motifs is 3. The minimum absolute atomic E-state index is 0.0789. The summed E-state index contributed by atoms with van der Waals surface area (Å²) in [6.07, 6.45) is -1.09. The predicted octanol–water partition coefficient (Wildman–Crippen LogP) is 0.825. The van der Waals surface area contributed by atoms with E-state index < -0.39 is 6.09 Å². The van der Waals surface area contributed by atoms with Crippen molar-refractivity contribution < 1.29 is 14.7 Å². The highest BCUT2D eigenvalue weighted by Gasteiger charge is 2.17. The Morgan fingerprint density at radius 3 is 2.87 bits per heavy atom.